The van der Waals surface area contributed by atoms with Crippen molar-refractivity contribution in [2.45, 2.75) is 26.7 Å². The largest absolute Gasteiger partial charge is 0.361 e. The number of ketones is 1. The third kappa shape index (κ3) is 4.04. The van der Waals surface area contributed by atoms with E-state index in [1.807, 2.05) is 24.3 Å². The summed E-state index contributed by atoms with van der Waals surface area (Å²) in [6.45, 7) is 5.93. The summed E-state index contributed by atoms with van der Waals surface area (Å²) in [6, 6.07) is 12.5. The Kier molecular flexibility index (Phi) is 5.10. The topological polar surface area (TPSA) is 29.1 Å². The molecule has 22 heavy (non-hydrogen) atoms. The highest BCUT2D eigenvalue weighted by Gasteiger charge is 2.03. The molecule has 2 aromatic rings. The molecule has 0 heterocycles. The number of nitrogens with one attached hydrogen (secondary N) is 1. The number of hydrogen-bond acceptors (Lipinski definition) is 2. The maximum Gasteiger partial charge on any atom is 0.187 e. The van der Waals surface area contributed by atoms with Crippen LogP contribution < -0.4 is 5.32 Å². The smallest absolute Gasteiger partial charge is 0.187 e. The summed E-state index contributed by atoms with van der Waals surface area (Å²) in [4.78, 5) is 12.0. The lowest BCUT2D eigenvalue weighted by Crippen LogP contribution is -1.97. The number of aryl methyl sites for hydroxylation is 1. The van der Waals surface area contributed by atoms with Crippen LogP contribution in [0.15, 0.2) is 54.7 Å². The van der Waals surface area contributed by atoms with E-state index < -0.39 is 0 Å². The van der Waals surface area contributed by atoms with Gasteiger partial charge in [0.1, 0.15) is 5.82 Å². The van der Waals surface area contributed by atoms with Crippen LogP contribution in [0.3, 0.4) is 0 Å². The Balaban J connectivity index is 2.00. The molecule has 2 aromatic carbocycles. The maximum absolute atomic E-state index is 13.4. The summed E-state index contributed by atoms with van der Waals surface area (Å²) in [5.74, 6) is 0.0854. The summed E-state index contributed by atoms with van der Waals surface area (Å²) < 4.78 is 13.4. The Bertz CT molecular complexity index is 687. The van der Waals surface area contributed by atoms with Gasteiger partial charge in [-0.2, -0.15) is 0 Å². The van der Waals surface area contributed by atoms with Crippen LogP contribution in [0.5, 0.6) is 0 Å². The van der Waals surface area contributed by atoms with Crippen molar-refractivity contribution in [2.75, 3.05) is 5.32 Å². The van der Waals surface area contributed by atoms with Crippen molar-refractivity contribution < 1.29 is 9.18 Å². The Hall–Kier alpha value is -2.42. The van der Waals surface area contributed by atoms with E-state index in [-0.39, 0.29) is 11.6 Å². The second-order valence-corrected chi connectivity index (χ2v) is 5.58. The van der Waals surface area contributed by atoms with Crippen LogP contribution in [-0.4, -0.2) is 5.78 Å². The van der Waals surface area contributed by atoms with Gasteiger partial charge in [-0.25, -0.2) is 4.39 Å². The molecule has 0 radical (unpaired) electrons. The molecule has 0 aliphatic heterocycles. The number of halogens is 1. The lowest BCUT2D eigenvalue weighted by molar-refractivity contribution is 0.104. The predicted octanol–water partition coefficient (Wildman–Crippen LogP) is 5.07. The monoisotopic (exact) mass is 297 g/mol. The molecule has 2 rings (SSSR count). The van der Waals surface area contributed by atoms with Crippen molar-refractivity contribution >= 4 is 11.5 Å². The number of allylic oxidation sites excluding steroid dienone is 1. The number of rotatable bonds is 5. The van der Waals surface area contributed by atoms with Crippen LogP contribution in [-0.2, 0) is 0 Å². The fraction of sp³-hybridized carbons (Fsp3) is 0.211. The van der Waals surface area contributed by atoms with Crippen molar-refractivity contribution in [3.63, 3.8) is 0 Å². The Morgan fingerprint density at radius 1 is 1.14 bits per heavy atom. The minimum atomic E-state index is -0.269. The minimum Gasteiger partial charge on any atom is -0.361 e. The first-order valence-corrected chi connectivity index (χ1v) is 7.31. The van der Waals surface area contributed by atoms with Gasteiger partial charge in [-0.1, -0.05) is 44.2 Å². The molecule has 0 unspecified atom stereocenters. The van der Waals surface area contributed by atoms with Crippen molar-refractivity contribution in [1.29, 1.82) is 0 Å². The van der Waals surface area contributed by atoms with Crippen molar-refractivity contribution in [3.05, 3.63) is 77.2 Å². The SMILES string of the molecule is Cc1ccc(NC=CC(=O)c2ccc(C(C)C)cc2)cc1F. The van der Waals surface area contributed by atoms with Gasteiger partial charge in [-0.3, -0.25) is 4.79 Å². The average molecular weight is 297 g/mol. The van der Waals surface area contributed by atoms with Crippen molar-refractivity contribution in [1.82, 2.24) is 0 Å². The fourth-order valence-electron chi connectivity index (χ4n) is 2.02. The zero-order chi connectivity index (χ0) is 16.1. The summed E-state index contributed by atoms with van der Waals surface area (Å²) in [6.07, 6.45) is 2.98. The van der Waals surface area contributed by atoms with Gasteiger partial charge in [0.25, 0.3) is 0 Å². The lowest BCUT2D eigenvalue weighted by Gasteiger charge is -2.05. The number of carbonyl (C=O) groups is 1. The molecule has 0 aliphatic carbocycles. The van der Waals surface area contributed by atoms with Gasteiger partial charge < -0.3 is 5.32 Å². The Morgan fingerprint density at radius 2 is 1.82 bits per heavy atom. The van der Waals surface area contributed by atoms with Crippen molar-refractivity contribution in [3.8, 4) is 0 Å². The van der Waals surface area contributed by atoms with Gasteiger partial charge in [-0.05, 0) is 36.1 Å². The molecule has 0 aromatic heterocycles. The van der Waals surface area contributed by atoms with Crippen LogP contribution in [0.1, 0.15) is 41.3 Å². The molecule has 3 heteroatoms. The first kappa shape index (κ1) is 16.0. The number of benzene rings is 2. The van der Waals surface area contributed by atoms with E-state index in [9.17, 15) is 9.18 Å². The van der Waals surface area contributed by atoms with E-state index in [1.165, 1.54) is 23.9 Å². The van der Waals surface area contributed by atoms with Gasteiger partial charge in [0.05, 0.1) is 0 Å². The van der Waals surface area contributed by atoms with Gasteiger partial charge in [0.15, 0.2) is 5.78 Å². The van der Waals surface area contributed by atoms with Gasteiger partial charge in [-0.15, -0.1) is 0 Å². The van der Waals surface area contributed by atoms with E-state index in [2.05, 4.69) is 19.2 Å². The fourth-order valence-corrected chi connectivity index (χ4v) is 2.02. The number of anilines is 1. The zero-order valence-corrected chi connectivity index (χ0v) is 13.1. The van der Waals surface area contributed by atoms with Crippen LogP contribution in [0.2, 0.25) is 0 Å². The quantitative estimate of drug-likeness (QED) is 0.617. The molecule has 0 bridgehead atoms. The summed E-state index contributed by atoms with van der Waals surface area (Å²) in [7, 11) is 0. The normalized spacial score (nSPS) is 11.1. The van der Waals surface area contributed by atoms with Crippen LogP contribution in [0, 0.1) is 12.7 Å². The molecule has 0 saturated carbocycles. The van der Waals surface area contributed by atoms with E-state index in [0.717, 1.165) is 0 Å². The molecule has 2 nitrogen and oxygen atoms in total. The maximum atomic E-state index is 13.4. The van der Waals surface area contributed by atoms with Crippen LogP contribution in [0.4, 0.5) is 10.1 Å². The molecular weight excluding hydrogens is 277 g/mol. The molecule has 0 spiro atoms. The summed E-state index contributed by atoms with van der Waals surface area (Å²) >= 11 is 0. The van der Waals surface area contributed by atoms with Gasteiger partial charge >= 0.3 is 0 Å². The van der Waals surface area contributed by atoms with E-state index in [0.29, 0.717) is 22.7 Å². The molecule has 0 amide bonds. The molecular formula is C19H20FNO. The summed E-state index contributed by atoms with van der Waals surface area (Å²) in [5.41, 5.74) is 3.05. The molecule has 0 fully saturated rings. The first-order chi connectivity index (χ1) is 10.5. The molecule has 0 aliphatic rings. The van der Waals surface area contributed by atoms with E-state index >= 15 is 0 Å². The van der Waals surface area contributed by atoms with Gasteiger partial charge in [0, 0.05) is 23.5 Å². The Labute approximate surface area is 130 Å². The highest BCUT2D eigenvalue weighted by molar-refractivity contribution is 6.04. The van der Waals surface area contributed by atoms with E-state index in [4.69, 9.17) is 0 Å². The number of hydrogen-bond donors (Lipinski definition) is 1. The highest BCUT2D eigenvalue weighted by atomic mass is 19.1. The van der Waals surface area contributed by atoms with Crippen LogP contribution >= 0.6 is 0 Å². The minimum absolute atomic E-state index is 0.0876. The zero-order valence-electron chi connectivity index (χ0n) is 13.1. The summed E-state index contributed by atoms with van der Waals surface area (Å²) in [5, 5.41) is 2.90. The molecule has 0 saturated heterocycles. The third-order valence-electron chi connectivity index (χ3n) is 3.52. The average Bonchev–Trinajstić information content (AvgIpc) is 2.51. The number of carbonyl (C=O) groups excluding carboxylic acids is 1. The Morgan fingerprint density at radius 3 is 2.41 bits per heavy atom. The lowest BCUT2D eigenvalue weighted by atomic mass is 10.0. The molecule has 114 valence electrons. The molecule has 1 N–H and O–H groups in total. The predicted molar refractivity (Wildman–Crippen MR) is 88.8 cm³/mol. The van der Waals surface area contributed by atoms with Crippen LogP contribution in [0.25, 0.3) is 0 Å². The highest BCUT2D eigenvalue weighted by Crippen LogP contribution is 2.16. The van der Waals surface area contributed by atoms with Gasteiger partial charge in [0.2, 0.25) is 0 Å². The molecule has 0 atom stereocenters. The second-order valence-electron chi connectivity index (χ2n) is 5.58. The second kappa shape index (κ2) is 7.03. The first-order valence-electron chi connectivity index (χ1n) is 7.31. The third-order valence-corrected chi connectivity index (χ3v) is 3.52. The standard InChI is InChI=1S/C19H20FNO/c1-13(2)15-5-7-16(8-6-15)19(22)10-11-21-17-9-4-14(3)18(20)12-17/h4-13,21H,1-3H3. The van der Waals surface area contributed by atoms with E-state index in [1.54, 1.807) is 19.1 Å². The van der Waals surface area contributed by atoms with Crippen molar-refractivity contribution in [2.24, 2.45) is 0 Å².